The average molecular weight is 241 g/mol. The molecule has 0 aliphatic heterocycles. The minimum Gasteiger partial charge on any atom is -0.348 e. The van der Waals surface area contributed by atoms with Gasteiger partial charge in [-0.2, -0.15) is 0 Å². The maximum atomic E-state index is 11.8. The van der Waals surface area contributed by atoms with Crippen LogP contribution in [0, 0.1) is 0 Å². The highest BCUT2D eigenvalue weighted by Crippen LogP contribution is 2.08. The van der Waals surface area contributed by atoms with Crippen molar-refractivity contribution in [2.45, 2.75) is 12.8 Å². The zero-order valence-corrected chi connectivity index (χ0v) is 10.1. The van der Waals surface area contributed by atoms with E-state index in [-0.39, 0.29) is 11.7 Å². The number of amides is 1. The summed E-state index contributed by atoms with van der Waals surface area (Å²) in [4.78, 5) is 23.0. The van der Waals surface area contributed by atoms with E-state index in [9.17, 15) is 9.59 Å². The molecule has 3 heteroatoms. The lowest BCUT2D eigenvalue weighted by atomic mass is 10.1. The zero-order chi connectivity index (χ0) is 12.8. The van der Waals surface area contributed by atoms with Gasteiger partial charge < -0.3 is 5.32 Å². The number of nitrogens with one attached hydrogen (secondary N) is 1. The molecule has 0 aromatic heterocycles. The van der Waals surface area contributed by atoms with Crippen LogP contribution in [0.5, 0.6) is 0 Å². The maximum Gasteiger partial charge on any atom is 0.251 e. The molecule has 1 aromatic carbocycles. The van der Waals surface area contributed by atoms with Gasteiger partial charge in [0, 0.05) is 18.5 Å². The molecule has 18 heavy (non-hydrogen) atoms. The summed E-state index contributed by atoms with van der Waals surface area (Å²) < 4.78 is 0. The van der Waals surface area contributed by atoms with Gasteiger partial charge in [0.05, 0.1) is 0 Å². The lowest BCUT2D eigenvalue weighted by molar-refractivity contribution is -0.113. The van der Waals surface area contributed by atoms with E-state index in [0.717, 1.165) is 12.0 Å². The van der Waals surface area contributed by atoms with Gasteiger partial charge in [-0.25, -0.2) is 0 Å². The predicted octanol–water partition coefficient (Wildman–Crippen LogP) is 2.26. The second-order valence-electron chi connectivity index (χ2n) is 4.19. The third kappa shape index (κ3) is 3.42. The normalized spacial score (nSPS) is 14.9. The highest BCUT2D eigenvalue weighted by Gasteiger charge is 2.06. The fourth-order valence-corrected chi connectivity index (χ4v) is 1.77. The lowest BCUT2D eigenvalue weighted by Gasteiger charge is -2.07. The van der Waals surface area contributed by atoms with Crippen molar-refractivity contribution >= 4 is 11.7 Å². The molecule has 0 heterocycles. The van der Waals surface area contributed by atoms with Crippen LogP contribution in [0.3, 0.4) is 0 Å². The van der Waals surface area contributed by atoms with Gasteiger partial charge in [0.1, 0.15) is 0 Å². The first-order chi connectivity index (χ1) is 8.75. The second-order valence-corrected chi connectivity index (χ2v) is 4.19. The van der Waals surface area contributed by atoms with E-state index in [0.29, 0.717) is 18.5 Å². The maximum absolute atomic E-state index is 11.8. The first-order valence-electron chi connectivity index (χ1n) is 5.96. The molecule has 1 N–H and O–H groups in total. The van der Waals surface area contributed by atoms with Gasteiger partial charge in [-0.05, 0) is 24.6 Å². The third-order valence-electron chi connectivity index (χ3n) is 2.79. The van der Waals surface area contributed by atoms with Crippen LogP contribution < -0.4 is 5.32 Å². The highest BCUT2D eigenvalue weighted by molar-refractivity contribution is 5.94. The van der Waals surface area contributed by atoms with Gasteiger partial charge in [-0.1, -0.05) is 35.9 Å². The fraction of sp³-hybridized carbons (Fsp3) is 0.200. The topological polar surface area (TPSA) is 46.2 Å². The van der Waals surface area contributed by atoms with Crippen LogP contribution in [0.1, 0.15) is 23.2 Å². The Balaban J connectivity index is 1.90. The summed E-state index contributed by atoms with van der Waals surface area (Å²) >= 11 is 0. The molecule has 1 amide bonds. The summed E-state index contributed by atoms with van der Waals surface area (Å²) in [5.74, 6) is 0.0236. The molecule has 3 nitrogen and oxygen atoms in total. The molecule has 0 saturated heterocycles. The predicted molar refractivity (Wildman–Crippen MR) is 70.2 cm³/mol. The number of ketones is 1. The summed E-state index contributed by atoms with van der Waals surface area (Å²) in [6.45, 7) is 0.491. The van der Waals surface area contributed by atoms with Crippen LogP contribution in [-0.2, 0) is 4.79 Å². The molecular formula is C15H15NO2. The van der Waals surface area contributed by atoms with Crippen LogP contribution in [0.4, 0.5) is 0 Å². The number of rotatable bonds is 3. The zero-order valence-electron chi connectivity index (χ0n) is 10.1. The van der Waals surface area contributed by atoms with Crippen molar-refractivity contribution in [2.24, 2.45) is 0 Å². The van der Waals surface area contributed by atoms with E-state index in [4.69, 9.17) is 0 Å². The van der Waals surface area contributed by atoms with Crippen molar-refractivity contribution < 1.29 is 9.59 Å². The Morgan fingerprint density at radius 1 is 1.17 bits per heavy atom. The summed E-state index contributed by atoms with van der Waals surface area (Å²) in [5.41, 5.74) is 1.72. The van der Waals surface area contributed by atoms with E-state index >= 15 is 0 Å². The molecular weight excluding hydrogens is 226 g/mol. The molecule has 2 rings (SSSR count). The molecule has 0 fully saturated rings. The largest absolute Gasteiger partial charge is 0.348 e. The fourth-order valence-electron chi connectivity index (χ4n) is 1.77. The first kappa shape index (κ1) is 12.3. The number of hydrogen-bond acceptors (Lipinski definition) is 2. The Morgan fingerprint density at radius 3 is 2.72 bits per heavy atom. The lowest BCUT2D eigenvalue weighted by Crippen LogP contribution is -2.25. The Kier molecular flexibility index (Phi) is 4.07. The number of benzene rings is 1. The van der Waals surface area contributed by atoms with E-state index in [1.165, 1.54) is 0 Å². The molecule has 0 saturated carbocycles. The van der Waals surface area contributed by atoms with Crippen molar-refractivity contribution in [1.82, 2.24) is 5.32 Å². The summed E-state index contributed by atoms with van der Waals surface area (Å²) in [6, 6.07) is 9.10. The molecule has 0 spiro atoms. The van der Waals surface area contributed by atoms with Gasteiger partial charge in [0.15, 0.2) is 5.78 Å². The molecule has 0 radical (unpaired) electrons. The van der Waals surface area contributed by atoms with Gasteiger partial charge in [0.2, 0.25) is 0 Å². The Labute approximate surface area is 106 Å². The van der Waals surface area contributed by atoms with Crippen molar-refractivity contribution in [3.8, 4) is 0 Å². The van der Waals surface area contributed by atoms with Gasteiger partial charge >= 0.3 is 0 Å². The molecule has 1 aliphatic carbocycles. The van der Waals surface area contributed by atoms with Crippen LogP contribution >= 0.6 is 0 Å². The number of carbonyl (C=O) groups excluding carboxylic acids is 2. The molecule has 0 atom stereocenters. The van der Waals surface area contributed by atoms with Gasteiger partial charge in [-0.3, -0.25) is 9.59 Å². The molecule has 1 aromatic rings. The minimum atomic E-state index is -0.0870. The summed E-state index contributed by atoms with van der Waals surface area (Å²) in [5, 5.41) is 2.86. The van der Waals surface area contributed by atoms with E-state index in [1.807, 2.05) is 30.4 Å². The summed E-state index contributed by atoms with van der Waals surface area (Å²) in [7, 11) is 0. The van der Waals surface area contributed by atoms with Crippen LogP contribution in [-0.4, -0.2) is 18.2 Å². The van der Waals surface area contributed by atoms with Crippen LogP contribution in [0.15, 0.2) is 54.1 Å². The van der Waals surface area contributed by atoms with E-state index in [2.05, 4.69) is 5.32 Å². The van der Waals surface area contributed by atoms with Gasteiger partial charge in [-0.15, -0.1) is 0 Å². The molecule has 0 bridgehead atoms. The highest BCUT2D eigenvalue weighted by atomic mass is 16.1. The quantitative estimate of drug-likeness (QED) is 0.825. The summed E-state index contributed by atoms with van der Waals surface area (Å²) in [6.07, 6.45) is 6.49. The molecule has 0 unspecified atom stereocenters. The van der Waals surface area contributed by atoms with Crippen molar-refractivity contribution in [3.05, 3.63) is 59.7 Å². The standard InChI is InChI=1S/C15H15NO2/c17-14-8-4-5-12(9-10-14)11-16-15(18)13-6-2-1-3-7-13/h1-4,6-9H,5,10-11H2,(H,16,18). The smallest absolute Gasteiger partial charge is 0.251 e. The molecule has 1 aliphatic rings. The van der Waals surface area contributed by atoms with E-state index in [1.54, 1.807) is 18.2 Å². The molecule has 92 valence electrons. The van der Waals surface area contributed by atoms with E-state index < -0.39 is 0 Å². The Bertz CT molecular complexity index is 500. The van der Waals surface area contributed by atoms with Crippen molar-refractivity contribution in [1.29, 1.82) is 0 Å². The number of carbonyl (C=O) groups is 2. The van der Waals surface area contributed by atoms with Gasteiger partial charge in [0.25, 0.3) is 5.91 Å². The third-order valence-corrected chi connectivity index (χ3v) is 2.79. The van der Waals surface area contributed by atoms with Crippen molar-refractivity contribution in [3.63, 3.8) is 0 Å². The van der Waals surface area contributed by atoms with Crippen LogP contribution in [0.2, 0.25) is 0 Å². The Hall–Kier alpha value is -2.16. The average Bonchev–Trinajstić information content (AvgIpc) is 2.62. The first-order valence-corrected chi connectivity index (χ1v) is 5.96. The SMILES string of the molecule is O=C1C=CCC(CNC(=O)c2ccccc2)=CC1. The van der Waals surface area contributed by atoms with Crippen LogP contribution in [0.25, 0.3) is 0 Å². The number of allylic oxidation sites excluding steroid dienone is 3. The Morgan fingerprint density at radius 2 is 1.94 bits per heavy atom. The number of hydrogen-bond donors (Lipinski definition) is 1. The minimum absolute atomic E-state index is 0.0870. The van der Waals surface area contributed by atoms with Crippen molar-refractivity contribution in [2.75, 3.05) is 6.54 Å². The monoisotopic (exact) mass is 241 g/mol. The second kappa shape index (κ2) is 5.96.